The van der Waals surface area contributed by atoms with Crippen molar-refractivity contribution in [3.63, 3.8) is 0 Å². The smallest absolute Gasteiger partial charge is 0.275 e. The lowest BCUT2D eigenvalue weighted by Gasteiger charge is -2.23. The Balaban J connectivity index is 1.72. The Bertz CT molecular complexity index is 1300. The zero-order valence-corrected chi connectivity index (χ0v) is 18.5. The van der Waals surface area contributed by atoms with Crippen LogP contribution in [0.1, 0.15) is 24.6 Å². The molecule has 2 aromatic carbocycles. The van der Waals surface area contributed by atoms with Crippen LogP contribution in [0.4, 0.5) is 5.69 Å². The predicted molar refractivity (Wildman–Crippen MR) is 127 cm³/mol. The van der Waals surface area contributed by atoms with Crippen LogP contribution in [0.3, 0.4) is 0 Å². The molecule has 32 heavy (non-hydrogen) atoms. The molecule has 0 aliphatic rings. The van der Waals surface area contributed by atoms with E-state index in [1.807, 2.05) is 43.3 Å². The summed E-state index contributed by atoms with van der Waals surface area (Å²) in [5, 5.41) is 6.47. The number of halogens is 1. The van der Waals surface area contributed by atoms with Gasteiger partial charge in [-0.1, -0.05) is 48.9 Å². The van der Waals surface area contributed by atoms with E-state index in [4.69, 9.17) is 11.6 Å². The minimum Gasteiger partial charge on any atom is -0.311 e. The average Bonchev–Trinajstić information content (AvgIpc) is 2.81. The molecule has 1 amide bonds. The van der Waals surface area contributed by atoms with Crippen LogP contribution in [0.5, 0.6) is 0 Å². The molecule has 0 bridgehead atoms. The van der Waals surface area contributed by atoms with Gasteiger partial charge in [-0.2, -0.15) is 5.10 Å². The third-order valence-corrected chi connectivity index (χ3v) is 5.43. The Morgan fingerprint density at radius 3 is 2.59 bits per heavy atom. The van der Waals surface area contributed by atoms with Gasteiger partial charge in [0, 0.05) is 41.5 Å². The van der Waals surface area contributed by atoms with Crippen molar-refractivity contribution in [1.82, 2.24) is 14.8 Å². The molecule has 0 aliphatic carbocycles. The number of benzene rings is 2. The van der Waals surface area contributed by atoms with E-state index in [2.05, 4.69) is 10.1 Å². The lowest BCUT2D eigenvalue weighted by Crippen LogP contribution is -2.38. The van der Waals surface area contributed by atoms with Gasteiger partial charge < -0.3 is 4.90 Å². The van der Waals surface area contributed by atoms with Gasteiger partial charge in [-0.3, -0.25) is 14.6 Å². The zero-order chi connectivity index (χ0) is 22.5. The first-order valence-electron chi connectivity index (χ1n) is 10.5. The number of nitrogens with zero attached hydrogens (tertiary/aromatic N) is 4. The second-order valence-corrected chi connectivity index (χ2v) is 7.95. The van der Waals surface area contributed by atoms with E-state index in [1.54, 1.807) is 41.6 Å². The Hall–Kier alpha value is -3.51. The zero-order valence-electron chi connectivity index (χ0n) is 17.7. The van der Waals surface area contributed by atoms with Gasteiger partial charge in [0.05, 0.1) is 11.1 Å². The molecule has 0 saturated heterocycles. The van der Waals surface area contributed by atoms with Gasteiger partial charge in [-0.05, 0) is 42.3 Å². The van der Waals surface area contributed by atoms with Crippen LogP contribution in [0.2, 0.25) is 5.02 Å². The van der Waals surface area contributed by atoms with Gasteiger partial charge in [0.25, 0.3) is 5.56 Å². The number of pyridine rings is 1. The number of anilines is 1. The van der Waals surface area contributed by atoms with Crippen LogP contribution in [-0.4, -0.2) is 27.2 Å². The van der Waals surface area contributed by atoms with Gasteiger partial charge in [0.2, 0.25) is 5.91 Å². The van der Waals surface area contributed by atoms with Crippen LogP contribution in [-0.2, 0) is 17.8 Å². The molecule has 7 heteroatoms. The molecule has 0 N–H and O–H groups in total. The SMILES string of the molecule is CCCN(C(=O)Cn1nc(Cc2cccnc2)c2ccccc2c1=O)c1cccc(Cl)c1. The fourth-order valence-electron chi connectivity index (χ4n) is 3.72. The number of amides is 1. The monoisotopic (exact) mass is 446 g/mol. The first-order chi connectivity index (χ1) is 15.6. The standard InChI is InChI=1S/C25H23ClN4O2/c1-2-13-29(20-9-5-8-19(26)15-20)24(31)17-30-25(32)22-11-4-3-10-21(22)23(28-30)14-18-7-6-12-27-16-18/h3-12,15-16H,2,13-14,17H2,1H3. The summed E-state index contributed by atoms with van der Waals surface area (Å²) >= 11 is 6.13. The van der Waals surface area contributed by atoms with Crippen molar-refractivity contribution in [2.24, 2.45) is 0 Å². The van der Waals surface area contributed by atoms with Crippen LogP contribution in [0.25, 0.3) is 10.8 Å². The predicted octanol–water partition coefficient (Wildman–Crippen LogP) is 4.48. The summed E-state index contributed by atoms with van der Waals surface area (Å²) in [5.74, 6) is -0.216. The molecule has 0 aliphatic heterocycles. The molecular formula is C25H23ClN4O2. The Morgan fingerprint density at radius 1 is 1.06 bits per heavy atom. The largest absolute Gasteiger partial charge is 0.311 e. The number of rotatable bonds is 7. The molecular weight excluding hydrogens is 424 g/mol. The highest BCUT2D eigenvalue weighted by Gasteiger charge is 2.19. The van der Waals surface area contributed by atoms with Crippen molar-refractivity contribution in [1.29, 1.82) is 0 Å². The van der Waals surface area contributed by atoms with E-state index in [1.165, 1.54) is 4.68 Å². The van der Waals surface area contributed by atoms with Crippen molar-refractivity contribution in [2.45, 2.75) is 26.3 Å². The van der Waals surface area contributed by atoms with Crippen LogP contribution in [0.15, 0.2) is 77.9 Å². The summed E-state index contributed by atoms with van der Waals surface area (Å²) in [4.78, 5) is 32.2. The Morgan fingerprint density at radius 2 is 1.88 bits per heavy atom. The van der Waals surface area contributed by atoms with E-state index in [9.17, 15) is 9.59 Å². The maximum absolute atomic E-state index is 13.2. The first kappa shape index (κ1) is 21.7. The quantitative estimate of drug-likeness (QED) is 0.419. The highest BCUT2D eigenvalue weighted by atomic mass is 35.5. The molecule has 0 fully saturated rings. The van der Waals surface area contributed by atoms with Crippen LogP contribution < -0.4 is 10.5 Å². The van der Waals surface area contributed by atoms with Gasteiger partial charge in [0.1, 0.15) is 6.54 Å². The van der Waals surface area contributed by atoms with Crippen molar-refractivity contribution in [3.8, 4) is 0 Å². The number of hydrogen-bond acceptors (Lipinski definition) is 4. The number of aromatic nitrogens is 3. The topological polar surface area (TPSA) is 68.1 Å². The molecule has 4 rings (SSSR count). The fourth-order valence-corrected chi connectivity index (χ4v) is 3.90. The molecule has 0 atom stereocenters. The third kappa shape index (κ3) is 4.70. The maximum Gasteiger partial charge on any atom is 0.275 e. The first-order valence-corrected chi connectivity index (χ1v) is 10.9. The second-order valence-electron chi connectivity index (χ2n) is 7.52. The van der Waals surface area contributed by atoms with Gasteiger partial charge in [0.15, 0.2) is 0 Å². The summed E-state index contributed by atoms with van der Waals surface area (Å²) in [7, 11) is 0. The number of hydrogen-bond donors (Lipinski definition) is 0. The lowest BCUT2D eigenvalue weighted by molar-refractivity contribution is -0.119. The summed E-state index contributed by atoms with van der Waals surface area (Å²) < 4.78 is 1.27. The van der Waals surface area contributed by atoms with Crippen molar-refractivity contribution in [3.05, 3.63) is 99.7 Å². The lowest BCUT2D eigenvalue weighted by atomic mass is 10.1. The molecule has 2 heterocycles. The maximum atomic E-state index is 13.2. The molecule has 0 radical (unpaired) electrons. The minimum absolute atomic E-state index is 0.157. The molecule has 0 saturated carbocycles. The number of fused-ring (bicyclic) bond motifs is 1. The van der Waals surface area contributed by atoms with Crippen molar-refractivity contribution < 1.29 is 4.79 Å². The molecule has 0 unspecified atom stereocenters. The van der Waals surface area contributed by atoms with Crippen LogP contribution in [0, 0.1) is 0 Å². The van der Waals surface area contributed by atoms with E-state index < -0.39 is 0 Å². The summed E-state index contributed by atoms with van der Waals surface area (Å²) in [6.45, 7) is 2.36. The van der Waals surface area contributed by atoms with Gasteiger partial charge in [-0.25, -0.2) is 4.68 Å². The van der Waals surface area contributed by atoms with E-state index in [0.29, 0.717) is 29.1 Å². The second kappa shape index (κ2) is 9.75. The molecule has 162 valence electrons. The normalized spacial score (nSPS) is 10.9. The average molecular weight is 447 g/mol. The molecule has 6 nitrogen and oxygen atoms in total. The fraction of sp³-hybridized carbons (Fsp3) is 0.200. The van der Waals surface area contributed by atoms with E-state index in [0.717, 1.165) is 23.1 Å². The molecule has 0 spiro atoms. The highest BCUT2D eigenvalue weighted by molar-refractivity contribution is 6.30. The van der Waals surface area contributed by atoms with Crippen molar-refractivity contribution in [2.75, 3.05) is 11.4 Å². The Kier molecular flexibility index (Phi) is 6.61. The number of carbonyl (C=O) groups excluding carboxylic acids is 1. The minimum atomic E-state index is -0.286. The highest BCUT2D eigenvalue weighted by Crippen LogP contribution is 2.21. The number of carbonyl (C=O) groups is 1. The van der Waals surface area contributed by atoms with Gasteiger partial charge >= 0.3 is 0 Å². The van der Waals surface area contributed by atoms with E-state index in [-0.39, 0.29) is 18.0 Å². The Labute approximate surface area is 191 Å². The molecule has 4 aromatic rings. The third-order valence-electron chi connectivity index (χ3n) is 5.19. The van der Waals surface area contributed by atoms with E-state index >= 15 is 0 Å². The summed E-state index contributed by atoms with van der Waals surface area (Å²) in [5.41, 5.74) is 2.12. The summed E-state index contributed by atoms with van der Waals surface area (Å²) in [6.07, 6.45) is 4.77. The summed E-state index contributed by atoms with van der Waals surface area (Å²) in [6, 6.07) is 18.3. The van der Waals surface area contributed by atoms with Crippen molar-refractivity contribution >= 4 is 34.0 Å². The van der Waals surface area contributed by atoms with Crippen LogP contribution >= 0.6 is 11.6 Å². The van der Waals surface area contributed by atoms with Gasteiger partial charge in [-0.15, -0.1) is 0 Å². The molecule has 2 aromatic heterocycles.